The van der Waals surface area contributed by atoms with Gasteiger partial charge in [0, 0.05) is 32.7 Å². The number of nitrogens with one attached hydrogen (secondary N) is 1. The number of nitrogens with zero attached hydrogens (tertiary/aromatic N) is 1. The molecule has 0 spiro atoms. The van der Waals surface area contributed by atoms with Gasteiger partial charge in [-0.3, -0.25) is 0 Å². The molecule has 0 aliphatic carbocycles. The average molecular weight is 252 g/mol. The number of hydrogen-bond donors (Lipinski definition) is 1. The molecule has 0 bridgehead atoms. The Labute approximate surface area is 108 Å². The molecular formula is C14H21FN2O. The summed E-state index contributed by atoms with van der Waals surface area (Å²) in [5.41, 5.74) is 1.04. The van der Waals surface area contributed by atoms with Crippen molar-refractivity contribution < 1.29 is 9.13 Å². The first-order valence-electron chi connectivity index (χ1n) is 6.64. The highest BCUT2D eigenvalue weighted by Crippen LogP contribution is 2.18. The first kappa shape index (κ1) is 13.3. The van der Waals surface area contributed by atoms with Crippen LogP contribution in [0.15, 0.2) is 18.2 Å². The largest absolute Gasteiger partial charge is 0.491 e. The van der Waals surface area contributed by atoms with Gasteiger partial charge in [-0.25, -0.2) is 4.39 Å². The van der Waals surface area contributed by atoms with E-state index in [1.165, 1.54) is 0 Å². The zero-order chi connectivity index (χ0) is 12.8. The Morgan fingerprint density at radius 2 is 2.11 bits per heavy atom. The minimum Gasteiger partial charge on any atom is -0.491 e. The molecule has 4 heteroatoms. The van der Waals surface area contributed by atoms with Crippen LogP contribution in [0.2, 0.25) is 0 Å². The lowest BCUT2D eigenvalue weighted by Crippen LogP contribution is -2.44. The maximum atomic E-state index is 13.7. The molecule has 1 aromatic carbocycles. The molecular weight excluding hydrogens is 231 g/mol. The summed E-state index contributed by atoms with van der Waals surface area (Å²) in [4.78, 5) is 2.41. The summed E-state index contributed by atoms with van der Waals surface area (Å²) in [6.07, 6.45) is 0.892. The fourth-order valence-corrected chi connectivity index (χ4v) is 2.19. The molecule has 0 amide bonds. The fourth-order valence-electron chi connectivity index (χ4n) is 2.19. The van der Waals surface area contributed by atoms with E-state index in [1.54, 1.807) is 12.1 Å². The molecule has 0 atom stereocenters. The van der Waals surface area contributed by atoms with Gasteiger partial charge in [-0.15, -0.1) is 0 Å². The molecule has 1 N–H and O–H groups in total. The molecule has 0 radical (unpaired) electrons. The minimum atomic E-state index is -0.255. The van der Waals surface area contributed by atoms with E-state index in [9.17, 15) is 4.39 Å². The van der Waals surface area contributed by atoms with Crippen molar-refractivity contribution in [2.75, 3.05) is 39.3 Å². The third-order valence-corrected chi connectivity index (χ3v) is 3.22. The first-order chi connectivity index (χ1) is 8.79. The van der Waals surface area contributed by atoms with Crippen LogP contribution in [0, 0.1) is 5.82 Å². The van der Waals surface area contributed by atoms with Gasteiger partial charge in [-0.05, 0) is 31.0 Å². The Bertz CT molecular complexity index is 378. The highest BCUT2D eigenvalue weighted by molar-refractivity contribution is 5.29. The van der Waals surface area contributed by atoms with Crippen molar-refractivity contribution in [2.24, 2.45) is 0 Å². The van der Waals surface area contributed by atoms with Crippen LogP contribution in [-0.4, -0.2) is 44.2 Å². The molecule has 3 nitrogen and oxygen atoms in total. The normalized spacial score (nSPS) is 16.8. The number of ether oxygens (including phenoxy) is 1. The standard InChI is InChI=1S/C14H21FN2O/c1-2-18-14-4-3-12(11-13(14)15)5-8-17-9-6-16-7-10-17/h3-4,11,16H,2,5-10H2,1H3. The predicted octanol–water partition coefficient (Wildman–Crippen LogP) is 1.67. The predicted molar refractivity (Wildman–Crippen MR) is 70.6 cm³/mol. The molecule has 0 aromatic heterocycles. The van der Waals surface area contributed by atoms with E-state index in [-0.39, 0.29) is 5.82 Å². The summed E-state index contributed by atoms with van der Waals surface area (Å²) >= 11 is 0. The summed E-state index contributed by atoms with van der Waals surface area (Å²) < 4.78 is 18.8. The molecule has 1 aliphatic rings. The Morgan fingerprint density at radius 1 is 1.33 bits per heavy atom. The SMILES string of the molecule is CCOc1ccc(CCN2CCNCC2)cc1F. The molecule has 1 saturated heterocycles. The highest BCUT2D eigenvalue weighted by atomic mass is 19.1. The van der Waals surface area contributed by atoms with Crippen LogP contribution in [0.1, 0.15) is 12.5 Å². The van der Waals surface area contributed by atoms with Gasteiger partial charge in [0.2, 0.25) is 0 Å². The van der Waals surface area contributed by atoms with Gasteiger partial charge in [0.05, 0.1) is 6.61 Å². The summed E-state index contributed by atoms with van der Waals surface area (Å²) in [7, 11) is 0. The summed E-state index contributed by atoms with van der Waals surface area (Å²) in [6, 6.07) is 5.27. The van der Waals surface area contributed by atoms with Crippen molar-refractivity contribution in [3.8, 4) is 5.75 Å². The molecule has 2 rings (SSSR count). The molecule has 0 unspecified atom stereocenters. The van der Waals surface area contributed by atoms with Gasteiger partial charge >= 0.3 is 0 Å². The van der Waals surface area contributed by atoms with E-state index in [1.807, 2.05) is 13.0 Å². The van der Waals surface area contributed by atoms with Crippen molar-refractivity contribution in [3.63, 3.8) is 0 Å². The number of piperazine rings is 1. The minimum absolute atomic E-state index is 0.255. The van der Waals surface area contributed by atoms with Crippen LogP contribution in [0.4, 0.5) is 4.39 Å². The third kappa shape index (κ3) is 3.68. The quantitative estimate of drug-likeness (QED) is 0.863. The molecule has 1 aromatic rings. The lowest BCUT2D eigenvalue weighted by Gasteiger charge is -2.27. The average Bonchev–Trinajstić information content (AvgIpc) is 2.41. The van der Waals surface area contributed by atoms with Crippen molar-refractivity contribution >= 4 is 0 Å². The van der Waals surface area contributed by atoms with E-state index in [2.05, 4.69) is 10.2 Å². The Hall–Kier alpha value is -1.13. The number of halogens is 1. The molecule has 1 aliphatic heterocycles. The second-order valence-corrected chi connectivity index (χ2v) is 4.54. The molecule has 0 saturated carbocycles. The third-order valence-electron chi connectivity index (χ3n) is 3.22. The Morgan fingerprint density at radius 3 is 2.78 bits per heavy atom. The van der Waals surface area contributed by atoms with Gasteiger partial charge in [0.1, 0.15) is 0 Å². The second-order valence-electron chi connectivity index (χ2n) is 4.54. The molecule has 1 fully saturated rings. The van der Waals surface area contributed by atoms with Gasteiger partial charge < -0.3 is 15.0 Å². The van der Waals surface area contributed by atoms with Crippen molar-refractivity contribution in [2.45, 2.75) is 13.3 Å². The van der Waals surface area contributed by atoms with E-state index in [0.717, 1.165) is 44.7 Å². The van der Waals surface area contributed by atoms with E-state index in [0.29, 0.717) is 12.4 Å². The van der Waals surface area contributed by atoms with Crippen molar-refractivity contribution in [3.05, 3.63) is 29.6 Å². The molecule has 18 heavy (non-hydrogen) atoms. The fraction of sp³-hybridized carbons (Fsp3) is 0.571. The lowest BCUT2D eigenvalue weighted by atomic mass is 10.1. The number of benzene rings is 1. The van der Waals surface area contributed by atoms with Gasteiger partial charge in [0.15, 0.2) is 11.6 Å². The second kappa shape index (κ2) is 6.71. The number of hydrogen-bond acceptors (Lipinski definition) is 3. The van der Waals surface area contributed by atoms with E-state index in [4.69, 9.17) is 4.74 Å². The van der Waals surface area contributed by atoms with Gasteiger partial charge in [-0.1, -0.05) is 6.07 Å². The van der Waals surface area contributed by atoms with Crippen LogP contribution in [0.3, 0.4) is 0 Å². The summed E-state index contributed by atoms with van der Waals surface area (Å²) in [6.45, 7) is 7.62. The van der Waals surface area contributed by atoms with E-state index < -0.39 is 0 Å². The monoisotopic (exact) mass is 252 g/mol. The van der Waals surface area contributed by atoms with Gasteiger partial charge in [0.25, 0.3) is 0 Å². The maximum absolute atomic E-state index is 13.7. The Balaban J connectivity index is 1.87. The van der Waals surface area contributed by atoms with Crippen molar-refractivity contribution in [1.82, 2.24) is 10.2 Å². The zero-order valence-electron chi connectivity index (χ0n) is 10.9. The first-order valence-corrected chi connectivity index (χ1v) is 6.64. The van der Waals surface area contributed by atoms with Crippen molar-refractivity contribution in [1.29, 1.82) is 0 Å². The van der Waals surface area contributed by atoms with Crippen LogP contribution >= 0.6 is 0 Å². The van der Waals surface area contributed by atoms with Crippen LogP contribution in [-0.2, 0) is 6.42 Å². The van der Waals surface area contributed by atoms with Crippen LogP contribution in [0.5, 0.6) is 5.75 Å². The Kier molecular flexibility index (Phi) is 4.96. The maximum Gasteiger partial charge on any atom is 0.165 e. The van der Waals surface area contributed by atoms with Crippen LogP contribution in [0.25, 0.3) is 0 Å². The highest BCUT2D eigenvalue weighted by Gasteiger charge is 2.10. The number of rotatable bonds is 5. The smallest absolute Gasteiger partial charge is 0.165 e. The summed E-state index contributed by atoms with van der Waals surface area (Å²) in [5.74, 6) is 0.0954. The molecule has 1 heterocycles. The van der Waals surface area contributed by atoms with Gasteiger partial charge in [-0.2, -0.15) is 0 Å². The van der Waals surface area contributed by atoms with Crippen LogP contribution < -0.4 is 10.1 Å². The lowest BCUT2D eigenvalue weighted by molar-refractivity contribution is 0.243. The zero-order valence-corrected chi connectivity index (χ0v) is 10.9. The molecule has 100 valence electrons. The van der Waals surface area contributed by atoms with E-state index >= 15 is 0 Å². The topological polar surface area (TPSA) is 24.5 Å². The summed E-state index contributed by atoms with van der Waals surface area (Å²) in [5, 5.41) is 3.33.